The number of fused-ring (bicyclic) bond motifs is 1. The number of aromatic nitrogens is 1. The van der Waals surface area contributed by atoms with Crippen LogP contribution in [0.25, 0.3) is 10.2 Å². The van der Waals surface area contributed by atoms with Crippen molar-refractivity contribution in [3.8, 4) is 0 Å². The van der Waals surface area contributed by atoms with E-state index in [9.17, 15) is 13.2 Å². The second kappa shape index (κ2) is 8.13. The number of carbonyl (C=O) groups is 1. The third-order valence-electron chi connectivity index (χ3n) is 3.53. The van der Waals surface area contributed by atoms with Gasteiger partial charge in [0.25, 0.3) is 0 Å². The van der Waals surface area contributed by atoms with E-state index >= 15 is 0 Å². The topological polar surface area (TPSA) is 88.2 Å². The lowest BCUT2D eigenvalue weighted by molar-refractivity contribution is -0.121. The van der Waals surface area contributed by atoms with Crippen molar-refractivity contribution < 1.29 is 13.2 Å². The van der Waals surface area contributed by atoms with Crippen LogP contribution in [0, 0.1) is 0 Å². The lowest BCUT2D eigenvalue weighted by atomic mass is 10.3. The van der Waals surface area contributed by atoms with E-state index in [4.69, 9.17) is 11.6 Å². The molecule has 1 amide bonds. The van der Waals surface area contributed by atoms with Crippen LogP contribution in [0.4, 0.5) is 0 Å². The van der Waals surface area contributed by atoms with Gasteiger partial charge in [-0.3, -0.25) is 4.79 Å². The highest BCUT2D eigenvalue weighted by molar-refractivity contribution is 7.89. The van der Waals surface area contributed by atoms with E-state index in [0.29, 0.717) is 11.6 Å². The summed E-state index contributed by atoms with van der Waals surface area (Å²) in [4.78, 5) is 16.4. The van der Waals surface area contributed by atoms with E-state index in [0.717, 1.165) is 15.2 Å². The summed E-state index contributed by atoms with van der Waals surface area (Å²) in [6.07, 6.45) is 0.0324. The Kier molecular flexibility index (Phi) is 5.87. The van der Waals surface area contributed by atoms with Gasteiger partial charge in [-0.1, -0.05) is 29.8 Å². The van der Waals surface area contributed by atoms with E-state index in [-0.39, 0.29) is 23.8 Å². The maximum absolute atomic E-state index is 12.1. The maximum Gasteiger partial charge on any atom is 0.240 e. The highest BCUT2D eigenvalue weighted by Crippen LogP contribution is 2.21. The first kappa shape index (κ1) is 18.8. The molecule has 26 heavy (non-hydrogen) atoms. The quantitative estimate of drug-likeness (QED) is 0.628. The number of benzene rings is 2. The van der Waals surface area contributed by atoms with Gasteiger partial charge in [-0.05, 0) is 30.3 Å². The molecule has 0 bridgehead atoms. The Balaban J connectivity index is 1.48. The van der Waals surface area contributed by atoms with Gasteiger partial charge in [-0.15, -0.1) is 11.3 Å². The summed E-state index contributed by atoms with van der Waals surface area (Å²) in [6.45, 7) is 0.319. The minimum absolute atomic E-state index is 0.000520. The molecule has 0 aliphatic heterocycles. The lowest BCUT2D eigenvalue weighted by Gasteiger charge is -2.07. The van der Waals surface area contributed by atoms with Crippen LogP contribution < -0.4 is 10.0 Å². The predicted molar refractivity (Wildman–Crippen MR) is 103 cm³/mol. The number of sulfonamides is 1. The van der Waals surface area contributed by atoms with E-state index in [1.807, 2.05) is 24.3 Å². The standard InChI is InChI=1S/C17H16ClN3O3S2/c18-12-4-3-5-13(10-12)26(23,24)20-9-8-16(22)19-11-17-21-14-6-1-2-7-15(14)25-17/h1-7,10,20H,8-9,11H2,(H,19,22). The Morgan fingerprint density at radius 2 is 1.96 bits per heavy atom. The van der Waals surface area contributed by atoms with Crippen LogP contribution >= 0.6 is 22.9 Å². The van der Waals surface area contributed by atoms with Gasteiger partial charge in [0.05, 0.1) is 21.7 Å². The van der Waals surface area contributed by atoms with Crippen LogP contribution in [-0.2, 0) is 21.4 Å². The Bertz CT molecular complexity index is 1000. The molecule has 6 nitrogen and oxygen atoms in total. The van der Waals surface area contributed by atoms with Crippen LogP contribution in [0.2, 0.25) is 5.02 Å². The highest BCUT2D eigenvalue weighted by Gasteiger charge is 2.14. The molecular weight excluding hydrogens is 394 g/mol. The highest BCUT2D eigenvalue weighted by atomic mass is 35.5. The zero-order valence-electron chi connectivity index (χ0n) is 13.6. The third kappa shape index (κ3) is 4.79. The number of halogens is 1. The van der Waals surface area contributed by atoms with Gasteiger partial charge in [0.15, 0.2) is 0 Å². The number of amides is 1. The van der Waals surface area contributed by atoms with E-state index in [1.165, 1.54) is 23.5 Å². The van der Waals surface area contributed by atoms with Crippen molar-refractivity contribution in [2.75, 3.05) is 6.54 Å². The molecule has 136 valence electrons. The molecule has 0 radical (unpaired) electrons. The normalized spacial score (nSPS) is 11.6. The molecule has 0 spiro atoms. The molecule has 0 saturated heterocycles. The molecule has 0 atom stereocenters. The molecule has 2 N–H and O–H groups in total. The summed E-state index contributed by atoms with van der Waals surface area (Å²) in [6, 6.07) is 13.7. The average molecular weight is 410 g/mol. The van der Waals surface area contributed by atoms with Gasteiger partial charge in [0.1, 0.15) is 5.01 Å². The lowest BCUT2D eigenvalue weighted by Crippen LogP contribution is -2.30. The fraction of sp³-hybridized carbons (Fsp3) is 0.176. The average Bonchev–Trinajstić information content (AvgIpc) is 3.03. The smallest absolute Gasteiger partial charge is 0.240 e. The molecule has 3 rings (SSSR count). The Morgan fingerprint density at radius 1 is 1.15 bits per heavy atom. The van der Waals surface area contributed by atoms with Crippen molar-refractivity contribution in [1.82, 2.24) is 15.0 Å². The Labute approximate surface area is 160 Å². The summed E-state index contributed by atoms with van der Waals surface area (Å²) in [5.74, 6) is -0.252. The molecular formula is C17H16ClN3O3S2. The largest absolute Gasteiger partial charge is 0.350 e. The van der Waals surface area contributed by atoms with Gasteiger partial charge in [0.2, 0.25) is 15.9 Å². The van der Waals surface area contributed by atoms with E-state index < -0.39 is 10.0 Å². The predicted octanol–water partition coefficient (Wildman–Crippen LogP) is 2.93. The summed E-state index contributed by atoms with van der Waals surface area (Å²) in [5.41, 5.74) is 0.899. The van der Waals surface area contributed by atoms with E-state index in [1.54, 1.807) is 12.1 Å². The Hall–Kier alpha value is -2.00. The summed E-state index contributed by atoms with van der Waals surface area (Å²) >= 11 is 7.32. The molecule has 3 aromatic rings. The number of hydrogen-bond acceptors (Lipinski definition) is 5. The first-order chi connectivity index (χ1) is 12.4. The molecule has 2 aromatic carbocycles. The minimum atomic E-state index is -3.69. The number of rotatable bonds is 7. The second-order valence-electron chi connectivity index (χ2n) is 5.46. The van der Waals surface area contributed by atoms with Crippen LogP contribution in [0.3, 0.4) is 0 Å². The molecule has 1 aromatic heterocycles. The van der Waals surface area contributed by atoms with Gasteiger partial charge in [0, 0.05) is 18.0 Å². The maximum atomic E-state index is 12.1. The van der Waals surface area contributed by atoms with Crippen molar-refractivity contribution >= 4 is 49.1 Å². The SMILES string of the molecule is O=C(CCNS(=O)(=O)c1cccc(Cl)c1)NCc1nc2ccccc2s1. The van der Waals surface area contributed by atoms with Crippen molar-refractivity contribution in [2.24, 2.45) is 0 Å². The third-order valence-corrected chi connectivity index (χ3v) is 6.26. The number of nitrogens with one attached hydrogen (secondary N) is 2. The fourth-order valence-electron chi connectivity index (χ4n) is 2.27. The summed E-state index contributed by atoms with van der Waals surface area (Å²) < 4.78 is 27.7. The van der Waals surface area contributed by atoms with Gasteiger partial charge < -0.3 is 5.32 Å². The van der Waals surface area contributed by atoms with E-state index in [2.05, 4.69) is 15.0 Å². The van der Waals surface area contributed by atoms with Crippen molar-refractivity contribution in [1.29, 1.82) is 0 Å². The first-order valence-corrected chi connectivity index (χ1v) is 10.5. The van der Waals surface area contributed by atoms with Crippen LogP contribution in [0.15, 0.2) is 53.4 Å². The van der Waals surface area contributed by atoms with Gasteiger partial charge >= 0.3 is 0 Å². The monoisotopic (exact) mass is 409 g/mol. The van der Waals surface area contributed by atoms with Crippen molar-refractivity contribution in [3.05, 3.63) is 58.6 Å². The van der Waals surface area contributed by atoms with Crippen molar-refractivity contribution in [2.45, 2.75) is 17.9 Å². The minimum Gasteiger partial charge on any atom is -0.350 e. The molecule has 0 unspecified atom stereocenters. The number of carbonyl (C=O) groups excluding carboxylic acids is 1. The van der Waals surface area contributed by atoms with Gasteiger partial charge in [-0.2, -0.15) is 0 Å². The number of hydrogen-bond donors (Lipinski definition) is 2. The zero-order valence-corrected chi connectivity index (χ0v) is 16.0. The second-order valence-corrected chi connectivity index (χ2v) is 8.78. The molecule has 9 heteroatoms. The van der Waals surface area contributed by atoms with Crippen LogP contribution in [-0.4, -0.2) is 25.9 Å². The van der Waals surface area contributed by atoms with Crippen LogP contribution in [0.1, 0.15) is 11.4 Å². The molecule has 0 fully saturated rings. The molecule has 1 heterocycles. The number of thiazole rings is 1. The molecule has 0 saturated carbocycles. The van der Waals surface area contributed by atoms with Crippen molar-refractivity contribution in [3.63, 3.8) is 0 Å². The van der Waals surface area contributed by atoms with Crippen LogP contribution in [0.5, 0.6) is 0 Å². The molecule has 0 aliphatic rings. The summed E-state index contributed by atoms with van der Waals surface area (Å²) in [5, 5.41) is 3.89. The number of para-hydroxylation sites is 1. The van der Waals surface area contributed by atoms with Gasteiger partial charge in [-0.25, -0.2) is 18.1 Å². The zero-order chi connectivity index (χ0) is 18.6. The number of nitrogens with zero attached hydrogens (tertiary/aromatic N) is 1. The fourth-order valence-corrected chi connectivity index (χ4v) is 4.51. The summed E-state index contributed by atoms with van der Waals surface area (Å²) in [7, 11) is -3.69. The molecule has 0 aliphatic carbocycles. The first-order valence-electron chi connectivity index (χ1n) is 7.80. The Morgan fingerprint density at radius 3 is 2.73 bits per heavy atom.